The van der Waals surface area contributed by atoms with Crippen molar-refractivity contribution in [3.8, 4) is 5.75 Å². The molecule has 20 heavy (non-hydrogen) atoms. The lowest BCUT2D eigenvalue weighted by Gasteiger charge is -2.21. The lowest BCUT2D eigenvalue weighted by atomic mass is 9.83. The summed E-state index contributed by atoms with van der Waals surface area (Å²) in [6.45, 7) is 5.06. The molecule has 0 spiro atoms. The minimum atomic E-state index is 0.0243. The summed E-state index contributed by atoms with van der Waals surface area (Å²) in [5, 5.41) is 0. The molecule has 1 aliphatic heterocycles. The van der Waals surface area contributed by atoms with Crippen molar-refractivity contribution in [2.75, 3.05) is 6.61 Å². The van der Waals surface area contributed by atoms with Crippen molar-refractivity contribution in [1.82, 2.24) is 0 Å². The van der Waals surface area contributed by atoms with Crippen LogP contribution in [0, 0.1) is 5.92 Å². The Bertz CT molecular complexity index is 510. The van der Waals surface area contributed by atoms with Crippen molar-refractivity contribution < 1.29 is 9.53 Å². The van der Waals surface area contributed by atoms with Gasteiger partial charge in [0, 0.05) is 23.0 Å². The van der Waals surface area contributed by atoms with E-state index in [2.05, 4.69) is 19.9 Å². The zero-order valence-corrected chi connectivity index (χ0v) is 12.6. The third kappa shape index (κ3) is 2.61. The summed E-state index contributed by atoms with van der Waals surface area (Å²) < 4.78 is 5.69. The van der Waals surface area contributed by atoms with Crippen LogP contribution >= 0.6 is 0 Å². The van der Waals surface area contributed by atoms with Gasteiger partial charge in [0.1, 0.15) is 5.75 Å². The molecule has 3 rings (SSSR count). The second-order valence-electron chi connectivity index (χ2n) is 7.01. The summed E-state index contributed by atoms with van der Waals surface area (Å²) in [6.07, 6.45) is 7.11. The molecule has 1 aromatic rings. The molecule has 0 aromatic heterocycles. The van der Waals surface area contributed by atoms with Gasteiger partial charge in [0.05, 0.1) is 6.61 Å². The summed E-state index contributed by atoms with van der Waals surface area (Å²) in [4.78, 5) is 12.5. The van der Waals surface area contributed by atoms with Crippen LogP contribution in [0.5, 0.6) is 5.75 Å². The minimum absolute atomic E-state index is 0.0243. The predicted octanol–water partition coefficient (Wildman–Crippen LogP) is 4.51. The third-order valence-electron chi connectivity index (χ3n) is 4.82. The summed E-state index contributed by atoms with van der Waals surface area (Å²) in [5.41, 5.74) is 2.08. The number of hydrogen-bond donors (Lipinski definition) is 0. The van der Waals surface area contributed by atoms with Crippen LogP contribution in [-0.2, 0) is 5.41 Å². The molecule has 2 aliphatic rings. The Morgan fingerprint density at radius 1 is 1.25 bits per heavy atom. The van der Waals surface area contributed by atoms with Crippen molar-refractivity contribution in [3.05, 3.63) is 29.3 Å². The molecule has 1 fully saturated rings. The van der Waals surface area contributed by atoms with E-state index in [0.29, 0.717) is 18.3 Å². The molecule has 0 amide bonds. The zero-order valence-electron chi connectivity index (χ0n) is 12.6. The first-order valence-electron chi connectivity index (χ1n) is 7.87. The largest absolute Gasteiger partial charge is 0.492 e. The van der Waals surface area contributed by atoms with Gasteiger partial charge >= 0.3 is 0 Å². The fourth-order valence-electron chi connectivity index (χ4n) is 3.47. The van der Waals surface area contributed by atoms with Crippen LogP contribution in [0.2, 0.25) is 0 Å². The smallest absolute Gasteiger partial charge is 0.163 e. The maximum atomic E-state index is 12.5. The van der Waals surface area contributed by atoms with Crippen molar-refractivity contribution in [3.63, 3.8) is 0 Å². The number of carbonyl (C=O) groups excluding carboxylic acids is 1. The van der Waals surface area contributed by atoms with Gasteiger partial charge < -0.3 is 4.74 Å². The van der Waals surface area contributed by atoms with E-state index in [9.17, 15) is 4.79 Å². The van der Waals surface area contributed by atoms with Gasteiger partial charge in [-0.1, -0.05) is 46.0 Å². The standard InChI is InChI=1S/C18H24O2/c1-18(2)12-20-17-9-8-14(11-15(17)18)16(19)10-13-6-4-3-5-7-13/h8-9,11,13H,3-7,10,12H2,1-2H3. The molecule has 2 nitrogen and oxygen atoms in total. The van der Waals surface area contributed by atoms with E-state index in [1.807, 2.05) is 12.1 Å². The zero-order chi connectivity index (χ0) is 14.2. The topological polar surface area (TPSA) is 26.3 Å². The van der Waals surface area contributed by atoms with Crippen LogP contribution in [0.3, 0.4) is 0 Å². The number of ketones is 1. The normalized spacial score (nSPS) is 21.3. The minimum Gasteiger partial charge on any atom is -0.492 e. The molecule has 1 saturated carbocycles. The molecule has 0 unspecified atom stereocenters. The molecule has 108 valence electrons. The van der Waals surface area contributed by atoms with Gasteiger partial charge in [-0.25, -0.2) is 0 Å². The summed E-state index contributed by atoms with van der Waals surface area (Å²) in [6, 6.07) is 5.97. The van der Waals surface area contributed by atoms with Gasteiger partial charge in [-0.3, -0.25) is 4.79 Å². The van der Waals surface area contributed by atoms with Crippen molar-refractivity contribution in [1.29, 1.82) is 0 Å². The van der Waals surface area contributed by atoms with Gasteiger partial charge in [-0.05, 0) is 24.1 Å². The molecule has 1 heterocycles. The maximum Gasteiger partial charge on any atom is 0.163 e. The second-order valence-corrected chi connectivity index (χ2v) is 7.01. The average Bonchev–Trinajstić information content (AvgIpc) is 2.75. The highest BCUT2D eigenvalue weighted by atomic mass is 16.5. The number of hydrogen-bond acceptors (Lipinski definition) is 2. The van der Waals surface area contributed by atoms with Gasteiger partial charge in [0.15, 0.2) is 5.78 Å². The first-order chi connectivity index (χ1) is 9.56. The highest BCUT2D eigenvalue weighted by Crippen LogP contribution is 2.39. The Kier molecular flexibility index (Phi) is 3.57. The van der Waals surface area contributed by atoms with E-state index in [-0.39, 0.29) is 5.41 Å². The summed E-state index contributed by atoms with van der Waals surface area (Å²) in [5.74, 6) is 1.86. The van der Waals surface area contributed by atoms with E-state index in [1.165, 1.54) is 37.7 Å². The number of rotatable bonds is 3. The SMILES string of the molecule is CC1(C)COc2ccc(C(=O)CC3CCCCC3)cc21. The quantitative estimate of drug-likeness (QED) is 0.757. The fraction of sp³-hybridized carbons (Fsp3) is 0.611. The van der Waals surface area contributed by atoms with Crippen LogP contribution in [0.25, 0.3) is 0 Å². The highest BCUT2D eigenvalue weighted by Gasteiger charge is 2.32. The van der Waals surface area contributed by atoms with Crippen molar-refractivity contribution in [2.24, 2.45) is 5.92 Å². The number of ether oxygens (including phenoxy) is 1. The van der Waals surface area contributed by atoms with Gasteiger partial charge in [0.25, 0.3) is 0 Å². The first-order valence-corrected chi connectivity index (χ1v) is 7.87. The van der Waals surface area contributed by atoms with Gasteiger partial charge in [-0.2, -0.15) is 0 Å². The number of Topliss-reactive ketones (excluding diaryl/α,β-unsaturated/α-hetero) is 1. The molecule has 0 radical (unpaired) electrons. The fourth-order valence-corrected chi connectivity index (χ4v) is 3.47. The highest BCUT2D eigenvalue weighted by molar-refractivity contribution is 5.96. The van der Waals surface area contributed by atoms with Crippen LogP contribution < -0.4 is 4.74 Å². The first kappa shape index (κ1) is 13.7. The second kappa shape index (κ2) is 5.23. The van der Waals surface area contributed by atoms with Gasteiger partial charge in [0.2, 0.25) is 0 Å². The Labute approximate surface area is 121 Å². The average molecular weight is 272 g/mol. The van der Waals surface area contributed by atoms with E-state index in [1.54, 1.807) is 0 Å². The number of fused-ring (bicyclic) bond motifs is 1. The third-order valence-corrected chi connectivity index (χ3v) is 4.82. The van der Waals surface area contributed by atoms with Crippen LogP contribution in [0.15, 0.2) is 18.2 Å². The molecule has 1 aliphatic carbocycles. The van der Waals surface area contributed by atoms with Crippen LogP contribution in [-0.4, -0.2) is 12.4 Å². The summed E-state index contributed by atoms with van der Waals surface area (Å²) in [7, 11) is 0. The molecule has 0 atom stereocenters. The lowest BCUT2D eigenvalue weighted by molar-refractivity contribution is 0.0950. The molecule has 2 heteroatoms. The van der Waals surface area contributed by atoms with Crippen LogP contribution in [0.1, 0.15) is 68.3 Å². The van der Waals surface area contributed by atoms with E-state index < -0.39 is 0 Å². The van der Waals surface area contributed by atoms with Crippen molar-refractivity contribution in [2.45, 2.75) is 57.8 Å². The van der Waals surface area contributed by atoms with E-state index in [0.717, 1.165) is 17.7 Å². The number of carbonyl (C=O) groups is 1. The maximum absolute atomic E-state index is 12.5. The lowest BCUT2D eigenvalue weighted by Crippen LogP contribution is -2.19. The van der Waals surface area contributed by atoms with Crippen LogP contribution in [0.4, 0.5) is 0 Å². The Balaban J connectivity index is 1.75. The Hall–Kier alpha value is -1.31. The Morgan fingerprint density at radius 3 is 2.75 bits per heavy atom. The Morgan fingerprint density at radius 2 is 2.00 bits per heavy atom. The monoisotopic (exact) mass is 272 g/mol. The molecular weight excluding hydrogens is 248 g/mol. The summed E-state index contributed by atoms with van der Waals surface area (Å²) >= 11 is 0. The molecule has 0 N–H and O–H groups in total. The molecule has 0 saturated heterocycles. The number of benzene rings is 1. The van der Waals surface area contributed by atoms with Crippen molar-refractivity contribution >= 4 is 5.78 Å². The molecule has 1 aromatic carbocycles. The predicted molar refractivity (Wildman–Crippen MR) is 80.5 cm³/mol. The van der Waals surface area contributed by atoms with E-state index >= 15 is 0 Å². The van der Waals surface area contributed by atoms with Gasteiger partial charge in [-0.15, -0.1) is 0 Å². The van der Waals surface area contributed by atoms with E-state index in [4.69, 9.17) is 4.74 Å². The molecular formula is C18H24O2. The molecule has 0 bridgehead atoms.